The van der Waals surface area contributed by atoms with Gasteiger partial charge in [-0.15, -0.1) is 16.9 Å². The number of aryl methyl sites for hydroxylation is 2. The molecule has 5 nitrogen and oxygen atoms in total. The zero-order valence-electron chi connectivity index (χ0n) is 21.4. The lowest BCUT2D eigenvalue weighted by Crippen LogP contribution is -2.42. The van der Waals surface area contributed by atoms with E-state index in [-0.39, 0.29) is 33.4 Å². The molecule has 0 spiro atoms. The van der Waals surface area contributed by atoms with Crippen LogP contribution in [0.25, 0.3) is 0 Å². The van der Waals surface area contributed by atoms with Gasteiger partial charge in [-0.25, -0.2) is 0 Å². The van der Waals surface area contributed by atoms with Gasteiger partial charge in [0.05, 0.1) is 20.8 Å². The molecule has 0 aromatic heterocycles. The third-order valence-corrected chi connectivity index (χ3v) is 8.35. The van der Waals surface area contributed by atoms with Crippen LogP contribution in [0.4, 0.5) is 11.4 Å². The lowest BCUT2D eigenvalue weighted by molar-refractivity contribution is -0.116. The number of amides is 2. The van der Waals surface area contributed by atoms with Crippen molar-refractivity contribution < 1.29 is 9.59 Å². The Morgan fingerprint density at radius 2 is 1.55 bits per heavy atom. The van der Waals surface area contributed by atoms with Gasteiger partial charge >= 0.3 is 0 Å². The van der Waals surface area contributed by atoms with Crippen molar-refractivity contribution in [3.63, 3.8) is 0 Å². The van der Waals surface area contributed by atoms with Gasteiger partial charge in [-0.05, 0) is 61.2 Å². The minimum atomic E-state index is -0.890. The number of halogens is 4. The maximum Gasteiger partial charge on any atom is 0.268 e. The highest BCUT2D eigenvalue weighted by molar-refractivity contribution is 8.01. The summed E-state index contributed by atoms with van der Waals surface area (Å²) in [5, 5.41) is 5.89. The number of nitrogens with zero attached hydrogens (tertiary/aromatic N) is 3. The van der Waals surface area contributed by atoms with E-state index in [1.807, 2.05) is 32.0 Å². The summed E-state index contributed by atoms with van der Waals surface area (Å²) in [6.45, 7) is 9.52. The monoisotopic (exact) mass is 607 g/mol. The van der Waals surface area contributed by atoms with Gasteiger partial charge in [-0.2, -0.15) is 5.01 Å². The molecule has 1 heterocycles. The number of anilines is 2. The number of hydrogen-bond acceptors (Lipinski definition) is 4. The highest BCUT2D eigenvalue weighted by atomic mass is 35.5. The van der Waals surface area contributed by atoms with Crippen LogP contribution in [0.1, 0.15) is 43.4 Å². The van der Waals surface area contributed by atoms with E-state index < -0.39 is 11.2 Å². The molecule has 10 heteroatoms. The molecule has 0 N–H and O–H groups in total. The molecule has 198 valence electrons. The molecule has 0 aliphatic carbocycles. The maximum atomic E-state index is 14.0. The maximum absolute atomic E-state index is 14.0. The van der Waals surface area contributed by atoms with Gasteiger partial charge in [-0.1, -0.05) is 84.0 Å². The van der Waals surface area contributed by atoms with Crippen molar-refractivity contribution in [2.75, 3.05) is 9.91 Å². The second-order valence-corrected chi connectivity index (χ2v) is 12.1. The van der Waals surface area contributed by atoms with Gasteiger partial charge in [0.2, 0.25) is 5.91 Å². The first-order chi connectivity index (χ1) is 17.9. The van der Waals surface area contributed by atoms with Crippen LogP contribution in [0.2, 0.25) is 20.1 Å². The largest absolute Gasteiger partial charge is 0.274 e. The van der Waals surface area contributed by atoms with E-state index in [0.717, 1.165) is 26.6 Å². The summed E-state index contributed by atoms with van der Waals surface area (Å²) in [6, 6.07) is 14.4. The number of hydrogen-bond donors (Lipinski definition) is 0. The van der Waals surface area contributed by atoms with Crippen LogP contribution in [0.5, 0.6) is 0 Å². The van der Waals surface area contributed by atoms with Crippen molar-refractivity contribution in [3.8, 4) is 0 Å². The molecule has 0 bridgehead atoms. The second-order valence-electron chi connectivity index (χ2n) is 9.33. The van der Waals surface area contributed by atoms with E-state index in [1.54, 1.807) is 12.1 Å². The summed E-state index contributed by atoms with van der Waals surface area (Å²) in [6.07, 6.45) is 0. The number of hydrazone groups is 1. The van der Waals surface area contributed by atoms with Crippen LogP contribution in [0.3, 0.4) is 0 Å². The number of carbonyl (C=O) groups is 2. The quantitative estimate of drug-likeness (QED) is 0.290. The smallest absolute Gasteiger partial charge is 0.268 e. The van der Waals surface area contributed by atoms with Gasteiger partial charge < -0.3 is 0 Å². The predicted octanol–water partition coefficient (Wildman–Crippen LogP) is 8.91. The fourth-order valence-corrected chi connectivity index (χ4v) is 6.78. The Kier molecular flexibility index (Phi) is 8.70. The fourth-order valence-electron chi connectivity index (χ4n) is 4.19. The molecule has 1 aliphatic heterocycles. The van der Waals surface area contributed by atoms with E-state index in [4.69, 9.17) is 46.4 Å². The first-order valence-corrected chi connectivity index (χ1v) is 14.2. The van der Waals surface area contributed by atoms with Crippen LogP contribution < -0.4 is 9.91 Å². The molecule has 3 aromatic rings. The summed E-state index contributed by atoms with van der Waals surface area (Å²) < 4.78 is 0. The molecule has 3 aromatic carbocycles. The lowest BCUT2D eigenvalue weighted by atomic mass is 10.0. The molecule has 1 aliphatic rings. The highest BCUT2D eigenvalue weighted by Crippen LogP contribution is 2.43. The summed E-state index contributed by atoms with van der Waals surface area (Å²) >= 11 is 27.0. The van der Waals surface area contributed by atoms with E-state index in [0.29, 0.717) is 15.7 Å². The Balaban J connectivity index is 1.91. The Labute approximate surface area is 246 Å². The Morgan fingerprint density at radius 3 is 2.13 bits per heavy atom. The molecule has 38 heavy (non-hydrogen) atoms. The van der Waals surface area contributed by atoms with Crippen molar-refractivity contribution in [3.05, 3.63) is 85.3 Å². The van der Waals surface area contributed by atoms with Gasteiger partial charge in [0, 0.05) is 16.8 Å². The minimum absolute atomic E-state index is 0.158. The molecule has 1 unspecified atom stereocenters. The van der Waals surface area contributed by atoms with E-state index in [2.05, 4.69) is 25.0 Å². The van der Waals surface area contributed by atoms with Crippen LogP contribution in [0.15, 0.2) is 58.5 Å². The minimum Gasteiger partial charge on any atom is -0.274 e. The predicted molar refractivity (Wildman–Crippen MR) is 161 cm³/mol. The van der Waals surface area contributed by atoms with Crippen LogP contribution in [0, 0.1) is 13.8 Å². The number of thioether (sulfide) groups is 1. The van der Waals surface area contributed by atoms with Crippen molar-refractivity contribution in [2.45, 2.75) is 50.7 Å². The lowest BCUT2D eigenvalue weighted by Gasteiger charge is -2.25. The Bertz CT molecular complexity index is 1450. The van der Waals surface area contributed by atoms with E-state index in [1.165, 1.54) is 35.7 Å². The first-order valence-electron chi connectivity index (χ1n) is 11.8. The van der Waals surface area contributed by atoms with Gasteiger partial charge in [-0.3, -0.25) is 14.5 Å². The average molecular weight is 609 g/mol. The molecule has 0 saturated heterocycles. The summed E-state index contributed by atoms with van der Waals surface area (Å²) in [5.74, 6) is -0.339. The van der Waals surface area contributed by atoms with Crippen molar-refractivity contribution >= 4 is 87.2 Å². The Morgan fingerprint density at radius 1 is 0.947 bits per heavy atom. The van der Waals surface area contributed by atoms with Gasteiger partial charge in [0.25, 0.3) is 5.91 Å². The summed E-state index contributed by atoms with van der Waals surface area (Å²) in [4.78, 5) is 29.4. The van der Waals surface area contributed by atoms with Crippen molar-refractivity contribution in [1.29, 1.82) is 0 Å². The molecular formula is C28H25Cl4N3O2S. The molecule has 0 saturated carbocycles. The van der Waals surface area contributed by atoms with Gasteiger partial charge in [0.15, 0.2) is 11.1 Å². The number of amidine groups is 1. The van der Waals surface area contributed by atoms with Crippen molar-refractivity contribution in [2.24, 2.45) is 5.10 Å². The van der Waals surface area contributed by atoms with E-state index >= 15 is 0 Å². The number of benzene rings is 3. The third-order valence-electron chi connectivity index (χ3n) is 5.98. The van der Waals surface area contributed by atoms with Crippen molar-refractivity contribution in [1.82, 2.24) is 0 Å². The number of rotatable bonds is 5. The standard InChI is InChI=1S/C28H25Cl4N3O2S/c1-14(2)19-10-15(3)7-9-24(19)38-26-27(34(17(5)36)23-8-6-16(4)11-20(23)30)33-35(28(26)37)25-21(31)12-18(29)13-22(25)32/h6-14,26H,1-5H3. The SMILES string of the molecule is CC(=O)N(C1=NN(c2c(Cl)cc(Cl)cc2Cl)C(=O)C1Sc1ccc(C)cc1C(C)C)c1ccc(C)cc1Cl. The molecule has 1 atom stereocenters. The third kappa shape index (κ3) is 5.70. The summed E-state index contributed by atoms with van der Waals surface area (Å²) in [7, 11) is 0. The fraction of sp³-hybridized carbons (Fsp3) is 0.250. The zero-order valence-corrected chi connectivity index (χ0v) is 25.2. The number of carbonyl (C=O) groups excluding carboxylic acids is 2. The van der Waals surface area contributed by atoms with E-state index in [9.17, 15) is 9.59 Å². The topological polar surface area (TPSA) is 53.0 Å². The second kappa shape index (κ2) is 11.5. The van der Waals surface area contributed by atoms with Crippen LogP contribution >= 0.6 is 58.2 Å². The highest BCUT2D eigenvalue weighted by Gasteiger charge is 2.44. The average Bonchev–Trinajstić information content (AvgIpc) is 3.11. The molecular weight excluding hydrogens is 584 g/mol. The molecule has 4 rings (SSSR count). The van der Waals surface area contributed by atoms with Crippen LogP contribution in [-0.4, -0.2) is 22.9 Å². The first kappa shape index (κ1) is 28.8. The van der Waals surface area contributed by atoms with Gasteiger partial charge in [0.1, 0.15) is 5.69 Å². The molecule has 0 radical (unpaired) electrons. The summed E-state index contributed by atoms with van der Waals surface area (Å²) in [5.41, 5.74) is 3.74. The molecule has 0 fully saturated rings. The zero-order chi connectivity index (χ0) is 27.9. The normalized spacial score (nSPS) is 15.3. The molecule has 2 amide bonds. The van der Waals surface area contributed by atoms with Crippen LogP contribution in [-0.2, 0) is 9.59 Å². The Hall–Kier alpha value is -2.22.